The first-order chi connectivity index (χ1) is 19.4. The van der Waals surface area contributed by atoms with E-state index >= 15 is 0 Å². The molecule has 0 bridgehead atoms. The maximum Gasteiger partial charge on any atom is 0.257 e. The molecule has 0 saturated carbocycles. The van der Waals surface area contributed by atoms with Gasteiger partial charge in [0.25, 0.3) is 11.8 Å². The van der Waals surface area contributed by atoms with Crippen LogP contribution in [0.15, 0.2) is 121 Å². The molecule has 8 heteroatoms. The van der Waals surface area contributed by atoms with E-state index in [1.54, 1.807) is 103 Å². The number of carbonyl (C=O) groups is 2. The molecule has 40 heavy (non-hydrogen) atoms. The number of rotatable bonds is 8. The maximum atomic E-state index is 12.5. The summed E-state index contributed by atoms with van der Waals surface area (Å²) in [7, 11) is 0. The molecule has 5 aromatic rings. The number of para-hydroxylation sites is 2. The van der Waals surface area contributed by atoms with Crippen molar-refractivity contribution in [3.05, 3.63) is 132 Å². The quantitative estimate of drug-likeness (QED) is 0.161. The van der Waals surface area contributed by atoms with E-state index in [1.807, 2.05) is 18.2 Å². The molecule has 0 aliphatic carbocycles. The highest BCUT2D eigenvalue weighted by atomic mass is 16.5. The highest BCUT2D eigenvalue weighted by Gasteiger charge is 2.11. The van der Waals surface area contributed by atoms with Crippen molar-refractivity contribution in [1.29, 1.82) is 0 Å². The van der Waals surface area contributed by atoms with E-state index in [9.17, 15) is 9.59 Å². The van der Waals surface area contributed by atoms with E-state index < -0.39 is 0 Å². The lowest BCUT2D eigenvalue weighted by Gasteiger charge is -2.11. The van der Waals surface area contributed by atoms with Gasteiger partial charge in [0.15, 0.2) is 0 Å². The van der Waals surface area contributed by atoms with Gasteiger partial charge in [0.1, 0.15) is 23.0 Å². The molecule has 6 N–H and O–H groups in total. The lowest BCUT2D eigenvalue weighted by molar-refractivity contribution is 0.101. The van der Waals surface area contributed by atoms with Gasteiger partial charge < -0.3 is 31.6 Å². The van der Waals surface area contributed by atoms with Crippen LogP contribution in [0.1, 0.15) is 20.7 Å². The van der Waals surface area contributed by atoms with Gasteiger partial charge >= 0.3 is 0 Å². The van der Waals surface area contributed by atoms with Crippen molar-refractivity contribution in [3.63, 3.8) is 0 Å². The van der Waals surface area contributed by atoms with E-state index in [4.69, 9.17) is 20.9 Å². The molecular weight excluding hydrogens is 504 g/mol. The number of amides is 2. The standard InChI is InChI=1S/C32H26N4O4/c33-29-10-3-1-8-27(29)31(37)35-21-12-16-23(17-13-21)39-25-6-5-7-26(20-25)40-24-18-14-22(15-19-24)36-32(38)28-9-2-4-11-30(28)34/h1-20H,33-34H2,(H,35,37)(H,36,38). The Kier molecular flexibility index (Phi) is 7.60. The molecule has 0 spiro atoms. The minimum atomic E-state index is -0.284. The Morgan fingerprint density at radius 2 is 0.875 bits per heavy atom. The molecule has 0 aliphatic rings. The van der Waals surface area contributed by atoms with Crippen LogP contribution in [0.2, 0.25) is 0 Å². The summed E-state index contributed by atoms with van der Waals surface area (Å²) in [6.45, 7) is 0. The summed E-state index contributed by atoms with van der Waals surface area (Å²) in [6, 6.07) is 35.0. The molecule has 0 aliphatic heterocycles. The van der Waals surface area contributed by atoms with Crippen molar-refractivity contribution < 1.29 is 19.1 Å². The molecule has 5 aromatic carbocycles. The zero-order valence-electron chi connectivity index (χ0n) is 21.3. The Hall–Kier alpha value is -5.76. The number of hydrogen-bond donors (Lipinski definition) is 4. The third-order valence-corrected chi connectivity index (χ3v) is 5.91. The largest absolute Gasteiger partial charge is 0.457 e. The first-order valence-electron chi connectivity index (χ1n) is 12.4. The Labute approximate surface area is 231 Å². The Balaban J connectivity index is 1.18. The molecule has 0 radical (unpaired) electrons. The third kappa shape index (κ3) is 6.38. The smallest absolute Gasteiger partial charge is 0.257 e. The summed E-state index contributed by atoms with van der Waals surface area (Å²) in [5, 5.41) is 5.66. The predicted octanol–water partition coefficient (Wildman–Crippen LogP) is 6.94. The number of nitrogen functional groups attached to an aromatic ring is 2. The second-order valence-corrected chi connectivity index (χ2v) is 8.81. The van der Waals surface area contributed by atoms with E-state index in [1.165, 1.54) is 0 Å². The van der Waals surface area contributed by atoms with Gasteiger partial charge in [-0.1, -0.05) is 30.3 Å². The molecule has 8 nitrogen and oxygen atoms in total. The summed E-state index contributed by atoms with van der Waals surface area (Å²) < 4.78 is 11.9. The lowest BCUT2D eigenvalue weighted by Crippen LogP contribution is -2.13. The van der Waals surface area contributed by atoms with E-state index in [0.29, 0.717) is 56.9 Å². The number of carbonyl (C=O) groups excluding carboxylic acids is 2. The number of benzene rings is 5. The van der Waals surface area contributed by atoms with Gasteiger partial charge in [0, 0.05) is 28.8 Å². The van der Waals surface area contributed by atoms with Crippen LogP contribution < -0.4 is 31.6 Å². The van der Waals surface area contributed by atoms with E-state index in [0.717, 1.165) is 0 Å². The molecule has 0 heterocycles. The molecule has 198 valence electrons. The van der Waals surface area contributed by atoms with Crippen LogP contribution in [0.25, 0.3) is 0 Å². The van der Waals surface area contributed by atoms with Crippen LogP contribution in [-0.4, -0.2) is 11.8 Å². The van der Waals surface area contributed by atoms with Crippen molar-refractivity contribution in [2.24, 2.45) is 0 Å². The maximum absolute atomic E-state index is 12.5. The van der Waals surface area contributed by atoms with Crippen LogP contribution >= 0.6 is 0 Å². The summed E-state index contributed by atoms with van der Waals surface area (Å²) >= 11 is 0. The van der Waals surface area contributed by atoms with Crippen molar-refractivity contribution in [2.45, 2.75) is 0 Å². The fraction of sp³-hybridized carbons (Fsp3) is 0. The summed E-state index contributed by atoms with van der Waals surface area (Å²) in [4.78, 5) is 25.0. The van der Waals surface area contributed by atoms with Gasteiger partial charge in [-0.05, 0) is 84.9 Å². The highest BCUT2D eigenvalue weighted by molar-refractivity contribution is 6.08. The lowest BCUT2D eigenvalue weighted by atomic mass is 10.1. The van der Waals surface area contributed by atoms with Crippen LogP contribution in [0.3, 0.4) is 0 Å². The number of hydrogen-bond acceptors (Lipinski definition) is 6. The average Bonchev–Trinajstić information content (AvgIpc) is 2.96. The molecule has 0 fully saturated rings. The summed E-state index contributed by atoms with van der Waals surface area (Å²) in [5.41, 5.74) is 14.7. The van der Waals surface area contributed by atoms with Crippen molar-refractivity contribution in [1.82, 2.24) is 0 Å². The second-order valence-electron chi connectivity index (χ2n) is 8.81. The molecule has 0 aromatic heterocycles. The Morgan fingerprint density at radius 3 is 1.27 bits per heavy atom. The third-order valence-electron chi connectivity index (χ3n) is 5.91. The van der Waals surface area contributed by atoms with E-state index in [2.05, 4.69) is 10.6 Å². The van der Waals surface area contributed by atoms with Gasteiger partial charge in [0.05, 0.1) is 11.1 Å². The zero-order chi connectivity index (χ0) is 27.9. The number of nitrogens with one attached hydrogen (secondary N) is 2. The van der Waals surface area contributed by atoms with Crippen molar-refractivity contribution in [2.75, 3.05) is 22.1 Å². The van der Waals surface area contributed by atoms with Crippen molar-refractivity contribution >= 4 is 34.6 Å². The second kappa shape index (κ2) is 11.7. The topological polar surface area (TPSA) is 129 Å². The van der Waals surface area contributed by atoms with Crippen LogP contribution in [0.5, 0.6) is 23.0 Å². The highest BCUT2D eigenvalue weighted by Crippen LogP contribution is 2.30. The van der Waals surface area contributed by atoms with Gasteiger partial charge in [-0.25, -0.2) is 0 Å². The first kappa shape index (κ1) is 25.9. The van der Waals surface area contributed by atoms with Gasteiger partial charge in [-0.15, -0.1) is 0 Å². The first-order valence-corrected chi connectivity index (χ1v) is 12.4. The number of anilines is 4. The normalized spacial score (nSPS) is 10.4. The van der Waals surface area contributed by atoms with Gasteiger partial charge in [0.2, 0.25) is 0 Å². The molecule has 0 unspecified atom stereocenters. The monoisotopic (exact) mass is 530 g/mol. The summed E-state index contributed by atoms with van der Waals surface area (Å²) in [5.74, 6) is 1.77. The zero-order valence-corrected chi connectivity index (χ0v) is 21.3. The van der Waals surface area contributed by atoms with Gasteiger partial charge in [-0.2, -0.15) is 0 Å². The van der Waals surface area contributed by atoms with Crippen LogP contribution in [-0.2, 0) is 0 Å². The summed E-state index contributed by atoms with van der Waals surface area (Å²) in [6.07, 6.45) is 0. The molecule has 0 saturated heterocycles. The minimum absolute atomic E-state index is 0.284. The Morgan fingerprint density at radius 1 is 0.475 bits per heavy atom. The fourth-order valence-electron chi connectivity index (χ4n) is 3.89. The van der Waals surface area contributed by atoms with E-state index in [-0.39, 0.29) is 11.8 Å². The Bertz CT molecular complexity index is 1530. The average molecular weight is 531 g/mol. The molecule has 0 atom stereocenters. The fourth-order valence-corrected chi connectivity index (χ4v) is 3.89. The van der Waals surface area contributed by atoms with Crippen LogP contribution in [0.4, 0.5) is 22.7 Å². The number of ether oxygens (including phenoxy) is 2. The SMILES string of the molecule is Nc1ccccc1C(=O)Nc1ccc(Oc2cccc(Oc3ccc(NC(=O)c4ccccc4N)cc3)c2)cc1. The minimum Gasteiger partial charge on any atom is -0.457 e. The van der Waals surface area contributed by atoms with Gasteiger partial charge in [-0.3, -0.25) is 9.59 Å². The molecular formula is C32H26N4O4. The predicted molar refractivity (Wildman–Crippen MR) is 157 cm³/mol. The molecule has 5 rings (SSSR count). The molecule has 2 amide bonds. The van der Waals surface area contributed by atoms with Crippen molar-refractivity contribution in [3.8, 4) is 23.0 Å². The number of nitrogens with two attached hydrogens (primary N) is 2. The van der Waals surface area contributed by atoms with Crippen LogP contribution in [0, 0.1) is 0 Å².